The molecule has 7 heteroatoms. The molecule has 1 aliphatic rings. The standard InChI is InChI=1S/C27H31FN2O4/c1-4-17-34-22-10-7-9-20(18-22)24-23(25(31)19-11-13-21(28)14-12-19)26(32)27(33)30(24)16-8-15-29(5-2)6-3/h4,7,9-14,18,24,31H,1,5-6,8,15-17H2,2-3H3/b25-23+/t24-/m0/s1. The average molecular weight is 467 g/mol. The van der Waals surface area contributed by atoms with Crippen molar-refractivity contribution in [2.24, 2.45) is 0 Å². The fourth-order valence-corrected chi connectivity index (χ4v) is 4.15. The van der Waals surface area contributed by atoms with Crippen molar-refractivity contribution in [1.29, 1.82) is 0 Å². The highest BCUT2D eigenvalue weighted by Crippen LogP contribution is 2.40. The van der Waals surface area contributed by atoms with Gasteiger partial charge in [-0.1, -0.05) is 38.6 Å². The molecular weight excluding hydrogens is 435 g/mol. The first-order valence-electron chi connectivity index (χ1n) is 11.5. The highest BCUT2D eigenvalue weighted by atomic mass is 19.1. The summed E-state index contributed by atoms with van der Waals surface area (Å²) < 4.78 is 19.1. The number of carbonyl (C=O) groups excluding carboxylic acids is 2. The number of aliphatic hydroxyl groups is 1. The van der Waals surface area contributed by atoms with E-state index in [0.29, 0.717) is 30.9 Å². The van der Waals surface area contributed by atoms with Crippen LogP contribution in [0.2, 0.25) is 0 Å². The number of Topliss-reactive ketones (excluding diaryl/α,β-unsaturated/α-hetero) is 1. The molecule has 1 aliphatic heterocycles. The number of likely N-dealkylation sites (tertiary alicyclic amines) is 1. The summed E-state index contributed by atoms with van der Waals surface area (Å²) in [6, 6.07) is 11.5. The van der Waals surface area contributed by atoms with Crippen LogP contribution in [-0.2, 0) is 9.59 Å². The van der Waals surface area contributed by atoms with Crippen LogP contribution in [0.1, 0.15) is 37.4 Å². The van der Waals surface area contributed by atoms with Gasteiger partial charge in [0.25, 0.3) is 11.7 Å². The maximum atomic E-state index is 13.4. The molecule has 1 N–H and O–H groups in total. The highest BCUT2D eigenvalue weighted by molar-refractivity contribution is 6.46. The Bertz CT molecular complexity index is 1060. The van der Waals surface area contributed by atoms with Crippen LogP contribution in [0.25, 0.3) is 5.76 Å². The molecule has 3 rings (SSSR count). The fourth-order valence-electron chi connectivity index (χ4n) is 4.15. The Morgan fingerprint density at radius 1 is 1.18 bits per heavy atom. The van der Waals surface area contributed by atoms with Crippen molar-refractivity contribution in [3.05, 3.63) is 83.7 Å². The van der Waals surface area contributed by atoms with E-state index in [-0.39, 0.29) is 16.9 Å². The lowest BCUT2D eigenvalue weighted by Crippen LogP contribution is -2.33. The second kappa shape index (κ2) is 11.6. The Labute approximate surface area is 199 Å². The minimum absolute atomic E-state index is 0.0136. The average Bonchev–Trinajstić information content (AvgIpc) is 3.10. The summed E-state index contributed by atoms with van der Waals surface area (Å²) in [6.07, 6.45) is 2.30. The van der Waals surface area contributed by atoms with Gasteiger partial charge in [0.1, 0.15) is 23.9 Å². The SMILES string of the molecule is C=CCOc1cccc([C@H]2/C(=C(\O)c3ccc(F)cc3)C(=O)C(=O)N2CCCN(CC)CC)c1. The number of aliphatic hydroxyl groups excluding tert-OH is 1. The number of hydrogen-bond donors (Lipinski definition) is 1. The first-order chi connectivity index (χ1) is 16.4. The summed E-state index contributed by atoms with van der Waals surface area (Å²) in [5, 5.41) is 11.1. The topological polar surface area (TPSA) is 70.1 Å². The normalized spacial score (nSPS) is 17.4. The van der Waals surface area contributed by atoms with Crippen LogP contribution >= 0.6 is 0 Å². The van der Waals surface area contributed by atoms with Gasteiger partial charge >= 0.3 is 0 Å². The molecule has 1 atom stereocenters. The van der Waals surface area contributed by atoms with Gasteiger partial charge < -0.3 is 19.6 Å². The molecule has 2 aromatic carbocycles. The molecule has 0 unspecified atom stereocenters. The fraction of sp³-hybridized carbons (Fsp3) is 0.333. The van der Waals surface area contributed by atoms with Gasteiger partial charge in [-0.05, 0) is 68.0 Å². The van der Waals surface area contributed by atoms with Gasteiger partial charge in [-0.2, -0.15) is 0 Å². The maximum Gasteiger partial charge on any atom is 0.295 e. The van der Waals surface area contributed by atoms with Crippen molar-refractivity contribution in [2.45, 2.75) is 26.3 Å². The molecule has 0 bridgehead atoms. The number of nitrogens with zero attached hydrogens (tertiary/aromatic N) is 2. The molecule has 0 radical (unpaired) electrons. The molecule has 1 heterocycles. The summed E-state index contributed by atoms with van der Waals surface area (Å²) >= 11 is 0. The van der Waals surface area contributed by atoms with Gasteiger partial charge in [0.05, 0.1) is 11.6 Å². The van der Waals surface area contributed by atoms with Crippen LogP contribution in [0.5, 0.6) is 5.75 Å². The third-order valence-corrected chi connectivity index (χ3v) is 5.97. The summed E-state index contributed by atoms with van der Waals surface area (Å²) in [7, 11) is 0. The second-order valence-corrected chi connectivity index (χ2v) is 8.05. The van der Waals surface area contributed by atoms with Crippen LogP contribution < -0.4 is 4.74 Å². The van der Waals surface area contributed by atoms with Crippen molar-refractivity contribution in [2.75, 3.05) is 32.8 Å². The molecule has 34 heavy (non-hydrogen) atoms. The van der Waals surface area contributed by atoms with Gasteiger partial charge in [0.2, 0.25) is 0 Å². The zero-order valence-corrected chi connectivity index (χ0v) is 19.7. The lowest BCUT2D eigenvalue weighted by molar-refractivity contribution is -0.140. The van der Waals surface area contributed by atoms with E-state index in [1.165, 1.54) is 29.2 Å². The van der Waals surface area contributed by atoms with Gasteiger partial charge in [0.15, 0.2) is 0 Å². The van der Waals surface area contributed by atoms with Gasteiger partial charge in [-0.15, -0.1) is 0 Å². The van der Waals surface area contributed by atoms with Crippen LogP contribution in [-0.4, -0.2) is 59.4 Å². The van der Waals surface area contributed by atoms with Crippen molar-refractivity contribution < 1.29 is 23.8 Å². The molecule has 0 aromatic heterocycles. The Hall–Kier alpha value is -3.45. The van der Waals surface area contributed by atoms with E-state index in [4.69, 9.17) is 4.74 Å². The molecule has 0 saturated carbocycles. The van der Waals surface area contributed by atoms with E-state index in [2.05, 4.69) is 25.3 Å². The van der Waals surface area contributed by atoms with Gasteiger partial charge in [-0.3, -0.25) is 9.59 Å². The maximum absolute atomic E-state index is 13.4. The van der Waals surface area contributed by atoms with Crippen molar-refractivity contribution in [3.8, 4) is 5.75 Å². The van der Waals surface area contributed by atoms with Crippen LogP contribution in [0, 0.1) is 5.82 Å². The van der Waals surface area contributed by atoms with Gasteiger partial charge in [0, 0.05) is 12.1 Å². The molecule has 180 valence electrons. The van der Waals surface area contributed by atoms with E-state index >= 15 is 0 Å². The number of hydrogen-bond acceptors (Lipinski definition) is 5. The minimum atomic E-state index is -0.783. The number of ether oxygens (including phenoxy) is 1. The number of rotatable bonds is 11. The van der Waals surface area contributed by atoms with Gasteiger partial charge in [-0.25, -0.2) is 4.39 Å². The molecule has 0 aliphatic carbocycles. The summed E-state index contributed by atoms with van der Waals surface area (Å²) in [5.41, 5.74) is 0.902. The molecule has 0 spiro atoms. The third-order valence-electron chi connectivity index (χ3n) is 5.97. The minimum Gasteiger partial charge on any atom is -0.507 e. The van der Waals surface area contributed by atoms with E-state index in [1.807, 2.05) is 0 Å². The monoisotopic (exact) mass is 466 g/mol. The number of ketones is 1. The lowest BCUT2D eigenvalue weighted by Gasteiger charge is -2.27. The molecule has 1 fully saturated rings. The molecular formula is C27H31FN2O4. The lowest BCUT2D eigenvalue weighted by atomic mass is 9.95. The summed E-state index contributed by atoms with van der Waals surface area (Å²) in [6.45, 7) is 11.0. The third kappa shape index (κ3) is 5.54. The smallest absolute Gasteiger partial charge is 0.295 e. The zero-order chi connectivity index (χ0) is 24.7. The molecule has 1 saturated heterocycles. The largest absolute Gasteiger partial charge is 0.507 e. The Kier molecular flexibility index (Phi) is 8.60. The first kappa shape index (κ1) is 25.2. The van der Waals surface area contributed by atoms with E-state index < -0.39 is 23.5 Å². The van der Waals surface area contributed by atoms with E-state index in [9.17, 15) is 19.1 Å². The Morgan fingerprint density at radius 2 is 1.88 bits per heavy atom. The number of benzene rings is 2. The number of carbonyl (C=O) groups is 2. The quantitative estimate of drug-likeness (QED) is 0.228. The Balaban J connectivity index is 2.04. The van der Waals surface area contributed by atoms with Crippen LogP contribution in [0.3, 0.4) is 0 Å². The van der Waals surface area contributed by atoms with Crippen LogP contribution in [0.4, 0.5) is 4.39 Å². The van der Waals surface area contributed by atoms with Crippen molar-refractivity contribution >= 4 is 17.4 Å². The van der Waals surface area contributed by atoms with Crippen molar-refractivity contribution in [3.63, 3.8) is 0 Å². The first-order valence-corrected chi connectivity index (χ1v) is 11.5. The van der Waals surface area contributed by atoms with Crippen molar-refractivity contribution in [1.82, 2.24) is 9.80 Å². The number of halogens is 1. The van der Waals surface area contributed by atoms with E-state index in [1.54, 1.807) is 30.3 Å². The van der Waals surface area contributed by atoms with E-state index in [0.717, 1.165) is 19.6 Å². The van der Waals surface area contributed by atoms with Crippen LogP contribution in [0.15, 0.2) is 66.8 Å². The molecule has 1 amide bonds. The second-order valence-electron chi connectivity index (χ2n) is 8.05. The Morgan fingerprint density at radius 3 is 2.53 bits per heavy atom. The summed E-state index contributed by atoms with van der Waals surface area (Å²) in [5.74, 6) is -1.64. The zero-order valence-electron chi connectivity index (χ0n) is 19.7. The highest BCUT2D eigenvalue weighted by Gasteiger charge is 2.45. The summed E-state index contributed by atoms with van der Waals surface area (Å²) in [4.78, 5) is 29.9. The molecule has 2 aromatic rings. The molecule has 6 nitrogen and oxygen atoms in total. The predicted molar refractivity (Wildman–Crippen MR) is 130 cm³/mol. The number of amides is 1. The predicted octanol–water partition coefficient (Wildman–Crippen LogP) is 4.54.